The van der Waals surface area contributed by atoms with Crippen molar-refractivity contribution in [2.75, 3.05) is 6.61 Å². The molecule has 29 heavy (non-hydrogen) atoms. The molecule has 0 radical (unpaired) electrons. The second-order valence-corrected chi connectivity index (χ2v) is 8.14. The Morgan fingerprint density at radius 1 is 0.931 bits per heavy atom. The standard InChI is InChI=1S/C23H16Br2N2O2/c24-19-8-9-20-18(12-19)7-10-21(23(20)25)29-14-22(28)27-26-13-15-5-6-16-3-1-2-4-17(16)11-15/h1-13H,14H2,(H,27,28)/b26-13+. The molecule has 0 fully saturated rings. The van der Waals surface area contributed by atoms with E-state index in [1.165, 1.54) is 0 Å². The molecule has 0 aliphatic heterocycles. The van der Waals surface area contributed by atoms with E-state index in [9.17, 15) is 4.79 Å². The average Bonchev–Trinajstić information content (AvgIpc) is 2.73. The van der Waals surface area contributed by atoms with Gasteiger partial charge in [-0.2, -0.15) is 5.10 Å². The summed E-state index contributed by atoms with van der Waals surface area (Å²) in [6.07, 6.45) is 1.62. The topological polar surface area (TPSA) is 50.7 Å². The fourth-order valence-corrected chi connectivity index (χ4v) is 3.98. The highest BCUT2D eigenvalue weighted by molar-refractivity contribution is 9.11. The first-order valence-corrected chi connectivity index (χ1v) is 10.5. The van der Waals surface area contributed by atoms with E-state index in [0.717, 1.165) is 36.1 Å². The number of halogens is 2. The predicted molar refractivity (Wildman–Crippen MR) is 125 cm³/mol. The van der Waals surface area contributed by atoms with Gasteiger partial charge in [0.25, 0.3) is 5.91 Å². The minimum Gasteiger partial charge on any atom is -0.483 e. The number of ether oxygens (including phenoxy) is 1. The van der Waals surface area contributed by atoms with Crippen molar-refractivity contribution in [3.63, 3.8) is 0 Å². The average molecular weight is 512 g/mol. The first kappa shape index (κ1) is 19.6. The van der Waals surface area contributed by atoms with Gasteiger partial charge in [0.05, 0.1) is 10.7 Å². The van der Waals surface area contributed by atoms with Gasteiger partial charge in [-0.15, -0.1) is 0 Å². The zero-order valence-corrected chi connectivity index (χ0v) is 18.4. The summed E-state index contributed by atoms with van der Waals surface area (Å²) in [5.41, 5.74) is 3.41. The number of hydrazone groups is 1. The normalized spacial score (nSPS) is 11.2. The molecule has 0 atom stereocenters. The van der Waals surface area contributed by atoms with Crippen LogP contribution in [0.4, 0.5) is 0 Å². The molecule has 1 amide bonds. The second-order valence-electron chi connectivity index (χ2n) is 6.43. The largest absolute Gasteiger partial charge is 0.483 e. The number of fused-ring (bicyclic) bond motifs is 2. The Bertz CT molecular complexity index is 1240. The van der Waals surface area contributed by atoms with Crippen molar-refractivity contribution in [2.45, 2.75) is 0 Å². The summed E-state index contributed by atoms with van der Waals surface area (Å²) in [6.45, 7) is -0.129. The van der Waals surface area contributed by atoms with Gasteiger partial charge in [-0.1, -0.05) is 64.5 Å². The summed E-state index contributed by atoms with van der Waals surface area (Å²) in [7, 11) is 0. The Hall–Kier alpha value is -2.70. The molecule has 4 rings (SSSR count). The number of nitrogens with one attached hydrogen (secondary N) is 1. The van der Waals surface area contributed by atoms with E-state index in [2.05, 4.69) is 48.5 Å². The minimum atomic E-state index is -0.329. The summed E-state index contributed by atoms with van der Waals surface area (Å²) in [5, 5.41) is 8.39. The molecule has 0 aliphatic carbocycles. The number of carbonyl (C=O) groups is 1. The Balaban J connectivity index is 1.37. The lowest BCUT2D eigenvalue weighted by molar-refractivity contribution is -0.123. The van der Waals surface area contributed by atoms with Crippen LogP contribution >= 0.6 is 31.9 Å². The number of hydrogen-bond acceptors (Lipinski definition) is 3. The van der Waals surface area contributed by atoms with Gasteiger partial charge in [-0.05, 0) is 67.3 Å². The molecule has 0 saturated heterocycles. The highest BCUT2D eigenvalue weighted by Gasteiger charge is 2.09. The summed E-state index contributed by atoms with van der Waals surface area (Å²) in [5.74, 6) is 0.276. The summed E-state index contributed by atoms with van der Waals surface area (Å²) in [6, 6.07) is 23.9. The van der Waals surface area contributed by atoms with Gasteiger partial charge < -0.3 is 4.74 Å². The smallest absolute Gasteiger partial charge is 0.277 e. The van der Waals surface area contributed by atoms with E-state index in [1.54, 1.807) is 6.21 Å². The maximum Gasteiger partial charge on any atom is 0.277 e. The summed E-state index contributed by atoms with van der Waals surface area (Å²) < 4.78 is 7.48. The van der Waals surface area contributed by atoms with Crippen molar-refractivity contribution in [3.05, 3.63) is 87.3 Å². The Kier molecular flexibility index (Phi) is 5.92. The molecule has 0 bridgehead atoms. The number of nitrogens with zero attached hydrogens (tertiary/aromatic N) is 1. The predicted octanol–water partition coefficient (Wildman–Crippen LogP) is 6.05. The number of hydrogen-bond donors (Lipinski definition) is 1. The van der Waals surface area contributed by atoms with E-state index in [0.29, 0.717) is 5.75 Å². The van der Waals surface area contributed by atoms with Crippen molar-refractivity contribution in [1.82, 2.24) is 5.43 Å². The van der Waals surface area contributed by atoms with Crippen molar-refractivity contribution in [3.8, 4) is 5.75 Å². The first-order chi connectivity index (χ1) is 14.1. The highest BCUT2D eigenvalue weighted by atomic mass is 79.9. The molecule has 144 valence electrons. The lowest BCUT2D eigenvalue weighted by atomic mass is 10.1. The third-order valence-electron chi connectivity index (χ3n) is 4.42. The van der Waals surface area contributed by atoms with Crippen LogP contribution in [0, 0.1) is 0 Å². The second kappa shape index (κ2) is 8.76. The molecular weight excluding hydrogens is 496 g/mol. The van der Waals surface area contributed by atoms with E-state index < -0.39 is 0 Å². The number of carbonyl (C=O) groups excluding carboxylic acids is 1. The van der Waals surface area contributed by atoms with Crippen LogP contribution in [0.15, 0.2) is 86.8 Å². The molecule has 4 aromatic carbocycles. The maximum atomic E-state index is 12.1. The van der Waals surface area contributed by atoms with Gasteiger partial charge in [0.2, 0.25) is 0 Å². The Labute approximate surface area is 184 Å². The monoisotopic (exact) mass is 510 g/mol. The molecule has 4 aromatic rings. The number of amides is 1. The van der Waals surface area contributed by atoms with Crippen LogP contribution in [-0.2, 0) is 4.79 Å². The molecule has 0 unspecified atom stereocenters. The van der Waals surface area contributed by atoms with Gasteiger partial charge in [0.15, 0.2) is 6.61 Å². The van der Waals surface area contributed by atoms with Gasteiger partial charge >= 0.3 is 0 Å². The quantitative estimate of drug-likeness (QED) is 0.262. The zero-order valence-electron chi connectivity index (χ0n) is 15.2. The number of rotatable bonds is 5. The SMILES string of the molecule is O=C(COc1ccc2cc(Br)ccc2c1Br)N/N=C/c1ccc2ccccc2c1. The minimum absolute atomic E-state index is 0.129. The molecule has 0 saturated carbocycles. The van der Waals surface area contributed by atoms with Gasteiger partial charge in [-0.25, -0.2) is 5.43 Å². The molecule has 4 nitrogen and oxygen atoms in total. The summed E-state index contributed by atoms with van der Waals surface area (Å²) in [4.78, 5) is 12.1. The van der Waals surface area contributed by atoms with E-state index in [-0.39, 0.29) is 12.5 Å². The molecule has 0 heterocycles. The summed E-state index contributed by atoms with van der Waals surface area (Å²) >= 11 is 7.02. The third-order valence-corrected chi connectivity index (χ3v) is 5.73. The maximum absolute atomic E-state index is 12.1. The Morgan fingerprint density at radius 3 is 2.59 bits per heavy atom. The molecule has 0 aromatic heterocycles. The van der Waals surface area contributed by atoms with E-state index in [1.807, 2.05) is 66.7 Å². The van der Waals surface area contributed by atoms with Crippen LogP contribution in [0.3, 0.4) is 0 Å². The van der Waals surface area contributed by atoms with Crippen molar-refractivity contribution in [2.24, 2.45) is 5.10 Å². The molecule has 0 spiro atoms. The van der Waals surface area contributed by atoms with Gasteiger partial charge in [0.1, 0.15) is 5.75 Å². The van der Waals surface area contributed by atoms with Crippen LogP contribution in [0.5, 0.6) is 5.75 Å². The van der Waals surface area contributed by atoms with Gasteiger partial charge in [-0.3, -0.25) is 4.79 Å². The molecular formula is C23H16Br2N2O2. The van der Waals surface area contributed by atoms with Crippen LogP contribution in [0.25, 0.3) is 21.5 Å². The van der Waals surface area contributed by atoms with E-state index in [4.69, 9.17) is 4.74 Å². The lowest BCUT2D eigenvalue weighted by Crippen LogP contribution is -2.24. The molecule has 0 aliphatic rings. The van der Waals surface area contributed by atoms with Crippen LogP contribution in [0.1, 0.15) is 5.56 Å². The van der Waals surface area contributed by atoms with Crippen molar-refractivity contribution in [1.29, 1.82) is 0 Å². The van der Waals surface area contributed by atoms with Crippen LogP contribution in [-0.4, -0.2) is 18.7 Å². The number of benzene rings is 4. The van der Waals surface area contributed by atoms with Gasteiger partial charge in [0, 0.05) is 4.47 Å². The lowest BCUT2D eigenvalue weighted by Gasteiger charge is -2.10. The van der Waals surface area contributed by atoms with Crippen molar-refractivity contribution < 1.29 is 9.53 Å². The van der Waals surface area contributed by atoms with Crippen molar-refractivity contribution >= 4 is 65.5 Å². The molecule has 1 N–H and O–H groups in total. The Morgan fingerprint density at radius 2 is 1.72 bits per heavy atom. The zero-order chi connectivity index (χ0) is 20.2. The molecule has 6 heteroatoms. The fourth-order valence-electron chi connectivity index (χ4n) is 3.00. The fraction of sp³-hybridized carbons (Fsp3) is 0.0435. The van der Waals surface area contributed by atoms with Crippen LogP contribution < -0.4 is 10.2 Å². The van der Waals surface area contributed by atoms with E-state index >= 15 is 0 Å². The third kappa shape index (κ3) is 4.66. The first-order valence-electron chi connectivity index (χ1n) is 8.91. The van der Waals surface area contributed by atoms with Crippen LogP contribution in [0.2, 0.25) is 0 Å². The highest BCUT2D eigenvalue weighted by Crippen LogP contribution is 2.34.